The van der Waals surface area contributed by atoms with E-state index in [1.54, 1.807) is 4.90 Å². The van der Waals surface area contributed by atoms with Gasteiger partial charge >= 0.3 is 6.18 Å². The van der Waals surface area contributed by atoms with Crippen molar-refractivity contribution >= 4 is 17.2 Å². The zero-order valence-electron chi connectivity index (χ0n) is 20.0. The standard InChI is InChI=1S/C23H23F6N7O2/c1-38-21-13(20(37)34-16-9-35(8-15(16)24)3-2-12-6-22(12,25)26)4-11(7-31-21)17-5-14(23(27,28)29)18-19(30)32-10-33-36(17)18/h4-5,7,10,12,15-16H,2-3,6,8-9H2,1H3,(H,34,37)(H2,30,32,33). The number of pyridine rings is 1. The predicted molar refractivity (Wildman–Crippen MR) is 122 cm³/mol. The molecule has 2 aliphatic rings. The first-order valence-corrected chi connectivity index (χ1v) is 11.7. The number of anilines is 1. The Kier molecular flexibility index (Phi) is 6.36. The van der Waals surface area contributed by atoms with E-state index in [1.165, 1.54) is 19.4 Å². The molecule has 15 heteroatoms. The molecule has 0 bridgehead atoms. The van der Waals surface area contributed by atoms with E-state index in [1.807, 2.05) is 0 Å². The summed E-state index contributed by atoms with van der Waals surface area (Å²) in [5.41, 5.74) is 4.07. The quantitative estimate of drug-likeness (QED) is 0.441. The summed E-state index contributed by atoms with van der Waals surface area (Å²) in [5.74, 6) is -4.62. The van der Waals surface area contributed by atoms with Gasteiger partial charge in [0.05, 0.1) is 24.4 Å². The summed E-state index contributed by atoms with van der Waals surface area (Å²) in [5, 5.41) is 6.45. The summed E-state index contributed by atoms with van der Waals surface area (Å²) < 4.78 is 88.1. The van der Waals surface area contributed by atoms with Gasteiger partial charge < -0.3 is 15.8 Å². The molecule has 3 aromatic heterocycles. The largest absolute Gasteiger partial charge is 0.480 e. The molecule has 38 heavy (non-hydrogen) atoms. The van der Waals surface area contributed by atoms with Crippen LogP contribution in [0.15, 0.2) is 24.7 Å². The molecule has 1 saturated heterocycles. The first-order valence-electron chi connectivity index (χ1n) is 11.7. The Hall–Kier alpha value is -3.62. The van der Waals surface area contributed by atoms with Crippen LogP contribution in [0.4, 0.5) is 32.2 Å². The first-order chi connectivity index (χ1) is 17.9. The van der Waals surface area contributed by atoms with Crippen molar-refractivity contribution < 1.29 is 35.9 Å². The fourth-order valence-electron chi connectivity index (χ4n) is 4.73. The molecule has 1 saturated carbocycles. The Morgan fingerprint density at radius 1 is 1.26 bits per heavy atom. The lowest BCUT2D eigenvalue weighted by atomic mass is 10.1. The minimum Gasteiger partial charge on any atom is -0.480 e. The monoisotopic (exact) mass is 543 g/mol. The molecular formula is C23H23F6N7O2. The van der Waals surface area contributed by atoms with Crippen LogP contribution in [-0.4, -0.2) is 75.3 Å². The number of carbonyl (C=O) groups excluding carboxylic acids is 1. The van der Waals surface area contributed by atoms with Gasteiger partial charge in [-0.25, -0.2) is 27.7 Å². The number of hydrogen-bond donors (Lipinski definition) is 2. The van der Waals surface area contributed by atoms with Gasteiger partial charge in [-0.3, -0.25) is 9.69 Å². The zero-order chi connectivity index (χ0) is 27.4. The average Bonchev–Trinajstić information content (AvgIpc) is 3.15. The van der Waals surface area contributed by atoms with E-state index in [9.17, 15) is 31.1 Å². The molecule has 3 N–H and O–H groups in total. The third kappa shape index (κ3) is 4.81. The predicted octanol–water partition coefficient (Wildman–Crippen LogP) is 3.20. The Bertz CT molecular complexity index is 1380. The van der Waals surface area contributed by atoms with Crippen LogP contribution < -0.4 is 15.8 Å². The summed E-state index contributed by atoms with van der Waals surface area (Å²) >= 11 is 0. The smallest absolute Gasteiger partial charge is 0.418 e. The number of nitrogens with zero attached hydrogens (tertiary/aromatic N) is 5. The second-order valence-electron chi connectivity index (χ2n) is 9.43. The number of nitrogens with one attached hydrogen (secondary N) is 1. The minimum atomic E-state index is -4.76. The summed E-state index contributed by atoms with van der Waals surface area (Å²) in [6, 6.07) is 1.16. The second kappa shape index (κ2) is 9.29. The molecule has 9 nitrogen and oxygen atoms in total. The minimum absolute atomic E-state index is 0.0177. The summed E-state index contributed by atoms with van der Waals surface area (Å²) in [4.78, 5) is 22.5. The molecule has 2 fully saturated rings. The lowest BCUT2D eigenvalue weighted by molar-refractivity contribution is -0.136. The van der Waals surface area contributed by atoms with E-state index in [0.717, 1.165) is 16.9 Å². The molecule has 4 heterocycles. The highest BCUT2D eigenvalue weighted by molar-refractivity contribution is 5.98. The molecule has 1 aliphatic carbocycles. The van der Waals surface area contributed by atoms with E-state index in [-0.39, 0.29) is 61.0 Å². The SMILES string of the molecule is COc1ncc(-c2cc(C(F)(F)F)c3c(N)ncnn23)cc1C(=O)NC1CN(CCC2CC2(F)F)CC1F. The number of rotatable bonds is 7. The zero-order valence-corrected chi connectivity index (χ0v) is 20.0. The number of amides is 1. The maximum atomic E-state index is 14.7. The van der Waals surface area contributed by atoms with Crippen molar-refractivity contribution in [3.05, 3.63) is 35.8 Å². The fraction of sp³-hybridized carbons (Fsp3) is 0.478. The maximum absolute atomic E-state index is 14.7. The van der Waals surface area contributed by atoms with Crippen LogP contribution in [0.3, 0.4) is 0 Å². The number of ether oxygens (including phenoxy) is 1. The van der Waals surface area contributed by atoms with Gasteiger partial charge in [-0.15, -0.1) is 0 Å². The van der Waals surface area contributed by atoms with Gasteiger partial charge in [0.2, 0.25) is 5.88 Å². The van der Waals surface area contributed by atoms with Crippen LogP contribution in [0.5, 0.6) is 5.88 Å². The normalized spacial score (nSPS) is 23.1. The maximum Gasteiger partial charge on any atom is 0.418 e. The van der Waals surface area contributed by atoms with E-state index < -0.39 is 47.2 Å². The number of hydrogen-bond acceptors (Lipinski definition) is 7. The van der Waals surface area contributed by atoms with Crippen LogP contribution in [0, 0.1) is 5.92 Å². The molecule has 3 aromatic rings. The fourth-order valence-corrected chi connectivity index (χ4v) is 4.73. The Morgan fingerprint density at radius 2 is 2.00 bits per heavy atom. The number of nitrogen functional groups attached to an aromatic ring is 1. The third-order valence-electron chi connectivity index (χ3n) is 6.86. The molecule has 1 amide bonds. The highest BCUT2D eigenvalue weighted by Crippen LogP contribution is 2.50. The number of carbonyl (C=O) groups is 1. The molecule has 3 unspecified atom stereocenters. The second-order valence-corrected chi connectivity index (χ2v) is 9.43. The van der Waals surface area contributed by atoms with E-state index in [2.05, 4.69) is 20.4 Å². The number of alkyl halides is 6. The van der Waals surface area contributed by atoms with Crippen molar-refractivity contribution in [1.82, 2.24) is 29.8 Å². The molecule has 1 aliphatic heterocycles. The number of halogens is 6. The average molecular weight is 543 g/mol. The number of nitrogens with two attached hydrogens (primary N) is 1. The molecule has 3 atom stereocenters. The number of fused-ring (bicyclic) bond motifs is 1. The first kappa shape index (κ1) is 26.0. The van der Waals surface area contributed by atoms with Gasteiger partial charge in [0.25, 0.3) is 11.8 Å². The summed E-state index contributed by atoms with van der Waals surface area (Å²) in [6.07, 6.45) is -3.93. The van der Waals surface area contributed by atoms with Crippen LogP contribution >= 0.6 is 0 Å². The molecule has 0 radical (unpaired) electrons. The lowest BCUT2D eigenvalue weighted by Gasteiger charge is -2.17. The number of likely N-dealkylation sites (tertiary alicyclic amines) is 1. The molecular weight excluding hydrogens is 520 g/mol. The number of methoxy groups -OCH3 is 1. The third-order valence-corrected chi connectivity index (χ3v) is 6.86. The Balaban J connectivity index is 1.39. The van der Waals surface area contributed by atoms with Crippen LogP contribution in [0.25, 0.3) is 16.8 Å². The van der Waals surface area contributed by atoms with Crippen LogP contribution in [0.2, 0.25) is 0 Å². The topological polar surface area (TPSA) is 111 Å². The van der Waals surface area contributed by atoms with E-state index in [4.69, 9.17) is 10.5 Å². The summed E-state index contributed by atoms with van der Waals surface area (Å²) in [6.45, 7) is 0.381. The highest BCUT2D eigenvalue weighted by Gasteiger charge is 2.56. The van der Waals surface area contributed by atoms with Crippen molar-refractivity contribution in [3.8, 4) is 17.1 Å². The highest BCUT2D eigenvalue weighted by atomic mass is 19.4. The van der Waals surface area contributed by atoms with Gasteiger partial charge in [-0.05, 0) is 25.1 Å². The van der Waals surface area contributed by atoms with Gasteiger partial charge in [0.15, 0.2) is 5.82 Å². The van der Waals surface area contributed by atoms with E-state index >= 15 is 0 Å². The van der Waals surface area contributed by atoms with Crippen molar-refractivity contribution in [2.75, 3.05) is 32.5 Å². The lowest BCUT2D eigenvalue weighted by Crippen LogP contribution is -2.41. The van der Waals surface area contributed by atoms with Crippen molar-refractivity contribution in [2.45, 2.75) is 37.2 Å². The van der Waals surface area contributed by atoms with E-state index in [0.29, 0.717) is 0 Å². The van der Waals surface area contributed by atoms with Crippen molar-refractivity contribution in [3.63, 3.8) is 0 Å². The van der Waals surface area contributed by atoms with Crippen LogP contribution in [0.1, 0.15) is 28.8 Å². The molecule has 0 aromatic carbocycles. The van der Waals surface area contributed by atoms with Crippen molar-refractivity contribution in [2.24, 2.45) is 5.92 Å². The molecule has 5 rings (SSSR count). The Morgan fingerprint density at radius 3 is 2.66 bits per heavy atom. The molecule has 204 valence electrons. The van der Waals surface area contributed by atoms with Gasteiger partial charge in [0, 0.05) is 37.2 Å². The number of aromatic nitrogens is 4. The van der Waals surface area contributed by atoms with Gasteiger partial charge in [-0.1, -0.05) is 0 Å². The van der Waals surface area contributed by atoms with Gasteiger partial charge in [0.1, 0.15) is 23.6 Å². The molecule has 0 spiro atoms. The Labute approximate surface area is 212 Å². The van der Waals surface area contributed by atoms with Crippen LogP contribution in [-0.2, 0) is 6.18 Å². The van der Waals surface area contributed by atoms with Crippen molar-refractivity contribution in [1.29, 1.82) is 0 Å². The summed E-state index contributed by atoms with van der Waals surface area (Å²) in [7, 11) is 1.25. The van der Waals surface area contributed by atoms with Gasteiger partial charge in [-0.2, -0.15) is 18.3 Å².